The third-order valence-electron chi connectivity index (χ3n) is 3.17. The smallest absolute Gasteiger partial charge is 0.282 e. The Morgan fingerprint density at radius 3 is 2.41 bits per heavy atom. The molecular formula is C17H13FN4O4S. The van der Waals surface area contributed by atoms with Gasteiger partial charge >= 0.3 is 0 Å². The Labute approximate surface area is 158 Å². The summed E-state index contributed by atoms with van der Waals surface area (Å²) >= 11 is 4.86. The summed E-state index contributed by atoms with van der Waals surface area (Å²) in [5.41, 5.74) is 4.52. The van der Waals surface area contributed by atoms with Crippen LogP contribution in [0.5, 0.6) is 0 Å². The Bertz CT molecular complexity index is 915. The van der Waals surface area contributed by atoms with Crippen LogP contribution in [-0.2, 0) is 4.79 Å². The molecule has 2 aromatic rings. The fraction of sp³-hybridized carbons (Fsp3) is 0. The van der Waals surface area contributed by atoms with Gasteiger partial charge in [-0.15, -0.1) is 0 Å². The molecule has 138 valence electrons. The number of hydrazine groups is 1. The number of halogens is 1. The number of carbonyl (C=O) groups excluding carboxylic acids is 2. The first kappa shape index (κ1) is 19.7. The number of rotatable bonds is 4. The van der Waals surface area contributed by atoms with Crippen molar-refractivity contribution in [1.82, 2.24) is 16.2 Å². The normalized spacial score (nSPS) is 10.3. The van der Waals surface area contributed by atoms with Gasteiger partial charge in [0.15, 0.2) is 5.11 Å². The predicted octanol–water partition coefficient (Wildman–Crippen LogP) is 2.08. The van der Waals surface area contributed by atoms with E-state index in [0.717, 1.165) is 0 Å². The topological polar surface area (TPSA) is 113 Å². The molecule has 0 spiro atoms. The van der Waals surface area contributed by atoms with Gasteiger partial charge in [-0.2, -0.15) is 0 Å². The van der Waals surface area contributed by atoms with E-state index in [0.29, 0.717) is 5.56 Å². The van der Waals surface area contributed by atoms with E-state index in [1.165, 1.54) is 60.7 Å². The number of nitro benzene ring substituents is 1. The molecule has 0 heterocycles. The van der Waals surface area contributed by atoms with Crippen molar-refractivity contribution in [3.05, 3.63) is 81.7 Å². The largest absolute Gasteiger partial charge is 0.298 e. The highest BCUT2D eigenvalue weighted by Gasteiger charge is 2.19. The van der Waals surface area contributed by atoms with Gasteiger partial charge in [0.25, 0.3) is 11.6 Å². The quantitative estimate of drug-likeness (QED) is 0.320. The van der Waals surface area contributed by atoms with Crippen LogP contribution in [0.15, 0.2) is 54.6 Å². The fourth-order valence-electron chi connectivity index (χ4n) is 1.94. The molecule has 0 aromatic heterocycles. The first-order chi connectivity index (χ1) is 12.9. The van der Waals surface area contributed by atoms with Gasteiger partial charge in [0.1, 0.15) is 11.4 Å². The van der Waals surface area contributed by atoms with Gasteiger partial charge in [0, 0.05) is 12.1 Å². The lowest BCUT2D eigenvalue weighted by Crippen LogP contribution is -2.48. The number of nitro groups is 1. The third kappa shape index (κ3) is 5.97. The molecule has 2 aromatic carbocycles. The van der Waals surface area contributed by atoms with Crippen molar-refractivity contribution in [2.45, 2.75) is 0 Å². The number of nitrogens with zero attached hydrogens (tertiary/aromatic N) is 1. The molecule has 8 nitrogen and oxygen atoms in total. The summed E-state index contributed by atoms with van der Waals surface area (Å²) in [5.74, 6) is -1.77. The Morgan fingerprint density at radius 2 is 1.74 bits per heavy atom. The molecule has 0 saturated carbocycles. The van der Waals surface area contributed by atoms with Crippen LogP contribution in [0.25, 0.3) is 6.08 Å². The first-order valence-electron chi connectivity index (χ1n) is 7.45. The van der Waals surface area contributed by atoms with Crippen LogP contribution >= 0.6 is 12.2 Å². The lowest BCUT2D eigenvalue weighted by molar-refractivity contribution is -0.385. The van der Waals surface area contributed by atoms with Gasteiger partial charge in [-0.1, -0.05) is 24.3 Å². The summed E-state index contributed by atoms with van der Waals surface area (Å²) in [4.78, 5) is 34.0. The van der Waals surface area contributed by atoms with Crippen molar-refractivity contribution in [3.63, 3.8) is 0 Å². The van der Waals surface area contributed by atoms with Gasteiger partial charge in [0.2, 0.25) is 5.91 Å². The van der Waals surface area contributed by atoms with Crippen molar-refractivity contribution < 1.29 is 18.9 Å². The van der Waals surface area contributed by atoms with E-state index in [1.54, 1.807) is 0 Å². The maximum atomic E-state index is 12.8. The second-order valence-corrected chi connectivity index (χ2v) is 5.46. The van der Waals surface area contributed by atoms with Crippen LogP contribution in [0.3, 0.4) is 0 Å². The lowest BCUT2D eigenvalue weighted by Gasteiger charge is -2.09. The van der Waals surface area contributed by atoms with Crippen LogP contribution in [0.2, 0.25) is 0 Å². The number of thiocarbonyl (C=S) groups is 1. The van der Waals surface area contributed by atoms with Crippen LogP contribution < -0.4 is 16.2 Å². The molecule has 0 saturated heterocycles. The summed E-state index contributed by atoms with van der Waals surface area (Å²) in [7, 11) is 0. The Kier molecular flexibility index (Phi) is 6.67. The van der Waals surface area contributed by atoms with E-state index >= 15 is 0 Å². The summed E-state index contributed by atoms with van der Waals surface area (Å²) < 4.78 is 12.8. The molecule has 3 N–H and O–H groups in total. The van der Waals surface area contributed by atoms with Gasteiger partial charge in [-0.3, -0.25) is 35.9 Å². The summed E-state index contributed by atoms with van der Waals surface area (Å²) in [6.45, 7) is 0. The summed E-state index contributed by atoms with van der Waals surface area (Å²) in [6.07, 6.45) is 2.62. The molecule has 10 heteroatoms. The molecule has 0 aliphatic carbocycles. The number of benzene rings is 2. The van der Waals surface area contributed by atoms with Gasteiger partial charge in [-0.25, -0.2) is 4.39 Å². The zero-order chi connectivity index (χ0) is 19.8. The van der Waals surface area contributed by atoms with Crippen molar-refractivity contribution in [3.8, 4) is 0 Å². The SMILES string of the molecule is O=C(/C=C/c1ccc(F)cc1)NC(=S)NNC(=O)c1ccccc1[N+](=O)[O-]. The molecular weight excluding hydrogens is 375 g/mol. The molecule has 0 aliphatic heterocycles. The second kappa shape index (κ2) is 9.15. The van der Waals surface area contributed by atoms with E-state index in [1.807, 2.05) is 0 Å². The number of amides is 2. The highest BCUT2D eigenvalue weighted by atomic mass is 32.1. The zero-order valence-corrected chi connectivity index (χ0v) is 14.5. The molecule has 0 unspecified atom stereocenters. The van der Waals surface area contributed by atoms with Crippen LogP contribution in [0.4, 0.5) is 10.1 Å². The lowest BCUT2D eigenvalue weighted by atomic mass is 10.2. The molecule has 0 aliphatic rings. The molecule has 0 radical (unpaired) electrons. The number of hydrogen-bond donors (Lipinski definition) is 3. The molecule has 0 fully saturated rings. The van der Waals surface area contributed by atoms with Gasteiger partial charge in [-0.05, 0) is 42.1 Å². The third-order valence-corrected chi connectivity index (χ3v) is 3.37. The average molecular weight is 388 g/mol. The molecule has 0 bridgehead atoms. The number of hydrogen-bond acceptors (Lipinski definition) is 5. The van der Waals surface area contributed by atoms with E-state index < -0.39 is 22.6 Å². The molecule has 2 amide bonds. The number of para-hydroxylation sites is 1. The summed E-state index contributed by atoms with van der Waals surface area (Å²) in [6, 6.07) is 10.9. The fourth-order valence-corrected chi connectivity index (χ4v) is 2.09. The minimum Gasteiger partial charge on any atom is -0.298 e. The van der Waals surface area contributed by atoms with Crippen LogP contribution in [0.1, 0.15) is 15.9 Å². The van der Waals surface area contributed by atoms with Gasteiger partial charge < -0.3 is 0 Å². The van der Waals surface area contributed by atoms with Crippen LogP contribution in [0, 0.1) is 15.9 Å². The zero-order valence-electron chi connectivity index (χ0n) is 13.6. The monoisotopic (exact) mass is 388 g/mol. The Balaban J connectivity index is 1.87. The Hall–Kier alpha value is -3.66. The molecule has 27 heavy (non-hydrogen) atoms. The maximum absolute atomic E-state index is 12.8. The average Bonchev–Trinajstić information content (AvgIpc) is 2.65. The van der Waals surface area contributed by atoms with E-state index in [-0.39, 0.29) is 16.4 Å². The van der Waals surface area contributed by atoms with Crippen molar-refractivity contribution in [2.75, 3.05) is 0 Å². The first-order valence-corrected chi connectivity index (χ1v) is 7.86. The molecule has 0 atom stereocenters. The number of nitrogens with one attached hydrogen (secondary N) is 3. The van der Waals surface area contributed by atoms with Crippen LogP contribution in [-0.4, -0.2) is 21.9 Å². The highest BCUT2D eigenvalue weighted by molar-refractivity contribution is 7.80. The van der Waals surface area contributed by atoms with Crippen molar-refractivity contribution in [1.29, 1.82) is 0 Å². The Morgan fingerprint density at radius 1 is 1.07 bits per heavy atom. The maximum Gasteiger partial charge on any atom is 0.282 e. The van der Waals surface area contributed by atoms with E-state index in [4.69, 9.17) is 12.2 Å². The van der Waals surface area contributed by atoms with Crippen molar-refractivity contribution >= 4 is 40.9 Å². The van der Waals surface area contributed by atoms with E-state index in [2.05, 4.69) is 16.2 Å². The minimum atomic E-state index is -0.791. The van der Waals surface area contributed by atoms with Gasteiger partial charge in [0.05, 0.1) is 4.92 Å². The minimum absolute atomic E-state index is 0.166. The molecule has 2 rings (SSSR count). The van der Waals surface area contributed by atoms with E-state index in [9.17, 15) is 24.1 Å². The number of carbonyl (C=O) groups is 2. The van der Waals surface area contributed by atoms with Crippen molar-refractivity contribution in [2.24, 2.45) is 0 Å². The highest BCUT2D eigenvalue weighted by Crippen LogP contribution is 2.16. The predicted molar refractivity (Wildman–Crippen MR) is 99.9 cm³/mol. The summed E-state index contributed by atoms with van der Waals surface area (Å²) in [5, 5.41) is 13.0. The standard InChI is InChI=1S/C17H13FN4O4S/c18-12-8-5-11(6-9-12)7-10-15(23)19-17(27)21-20-16(24)13-3-1-2-4-14(13)22(25)26/h1-10H,(H,20,24)(H2,19,21,23,27)/b10-7+. The second-order valence-electron chi connectivity index (χ2n) is 5.06.